The molecule has 0 saturated heterocycles. The molecule has 0 saturated carbocycles. The second-order valence-electron chi connectivity index (χ2n) is 12.4. The summed E-state index contributed by atoms with van der Waals surface area (Å²) in [4.78, 5) is 9.67. The lowest BCUT2D eigenvalue weighted by Crippen LogP contribution is -2.22. The fraction of sp³-hybridized carbons (Fsp3) is 0.0444. The number of aromatic nitrogens is 1. The minimum atomic E-state index is 0.958. The Bertz CT molecular complexity index is 2210. The lowest BCUT2D eigenvalue weighted by atomic mass is 9.87. The van der Waals surface area contributed by atoms with Crippen LogP contribution in [0.2, 0.25) is 0 Å². The van der Waals surface area contributed by atoms with E-state index in [1.807, 2.05) is 12.3 Å². The van der Waals surface area contributed by atoms with Gasteiger partial charge >= 0.3 is 0 Å². The van der Waals surface area contributed by atoms with Crippen LogP contribution in [0.15, 0.2) is 182 Å². The molecule has 9 rings (SSSR count). The standard InChI is InChI=1S/C45H33N3/c1-3-11-32(12-4-1)33-21-23-36(24-22-33)47(39-29-30-42(46-31-39)34-13-5-2-6-14-34)37-25-27-38(28-26-37)48-43-19-8-7-17-40(43)41-18-9-15-35-16-10-20-44(48)45(35)41/h1-7,9-18,20-31H,8,19H2. The Morgan fingerprint density at radius 1 is 0.542 bits per heavy atom. The van der Waals surface area contributed by atoms with E-state index in [0.29, 0.717) is 0 Å². The van der Waals surface area contributed by atoms with Crippen LogP contribution in [0.4, 0.5) is 28.4 Å². The largest absolute Gasteiger partial charge is 0.313 e. The third kappa shape index (κ3) is 4.88. The summed E-state index contributed by atoms with van der Waals surface area (Å²) in [5, 5.41) is 2.59. The van der Waals surface area contributed by atoms with Crippen molar-refractivity contribution in [2.24, 2.45) is 0 Å². The molecule has 6 aromatic carbocycles. The Kier molecular flexibility index (Phi) is 6.94. The fourth-order valence-electron chi connectivity index (χ4n) is 7.23. The minimum Gasteiger partial charge on any atom is -0.313 e. The Hall–Kier alpha value is -6.19. The van der Waals surface area contributed by atoms with Crippen LogP contribution in [0.1, 0.15) is 18.4 Å². The average Bonchev–Trinajstić information content (AvgIpc) is 3.17. The van der Waals surface area contributed by atoms with Crippen LogP contribution in [0.3, 0.4) is 0 Å². The minimum absolute atomic E-state index is 0.958. The van der Waals surface area contributed by atoms with Crippen LogP contribution in [-0.2, 0) is 0 Å². The average molecular weight is 616 g/mol. The molecule has 7 aromatic rings. The highest BCUT2D eigenvalue weighted by atomic mass is 15.2. The first kappa shape index (κ1) is 28.1. The van der Waals surface area contributed by atoms with E-state index in [-0.39, 0.29) is 0 Å². The van der Waals surface area contributed by atoms with Gasteiger partial charge in [0.05, 0.1) is 23.3 Å². The number of pyridine rings is 1. The Morgan fingerprint density at radius 2 is 1.19 bits per heavy atom. The zero-order chi connectivity index (χ0) is 31.9. The molecule has 0 fully saturated rings. The lowest BCUT2D eigenvalue weighted by molar-refractivity contribution is 0.922. The molecule has 228 valence electrons. The van der Waals surface area contributed by atoms with E-state index in [1.54, 1.807) is 0 Å². The zero-order valence-corrected chi connectivity index (χ0v) is 26.5. The number of hydrogen-bond acceptors (Lipinski definition) is 3. The molecule has 48 heavy (non-hydrogen) atoms. The summed E-state index contributed by atoms with van der Waals surface area (Å²) in [5.74, 6) is 0. The van der Waals surface area contributed by atoms with Gasteiger partial charge in [0.1, 0.15) is 0 Å². The smallest absolute Gasteiger partial charge is 0.0703 e. The topological polar surface area (TPSA) is 19.4 Å². The molecule has 0 spiro atoms. The SMILES string of the molecule is C1=CC2=C(CC1)N(c1ccc(N(c3ccc(-c4ccccc4)cc3)c3ccc(-c4ccccc4)nc3)cc1)c1cccc3cccc2c13. The van der Waals surface area contributed by atoms with Gasteiger partial charge in [-0.05, 0) is 89.5 Å². The van der Waals surface area contributed by atoms with E-state index in [0.717, 1.165) is 41.2 Å². The van der Waals surface area contributed by atoms with Gasteiger partial charge in [0, 0.05) is 39.3 Å². The summed E-state index contributed by atoms with van der Waals surface area (Å²) in [6, 6.07) is 56.3. The maximum atomic E-state index is 4.90. The summed E-state index contributed by atoms with van der Waals surface area (Å²) in [5.41, 5.74) is 14.1. The molecule has 2 aliphatic rings. The van der Waals surface area contributed by atoms with Crippen molar-refractivity contribution in [1.29, 1.82) is 0 Å². The Morgan fingerprint density at radius 3 is 1.90 bits per heavy atom. The Labute approximate surface area is 281 Å². The molecule has 1 aromatic heterocycles. The van der Waals surface area contributed by atoms with Gasteiger partial charge in [-0.3, -0.25) is 4.98 Å². The van der Waals surface area contributed by atoms with Crippen LogP contribution in [-0.4, -0.2) is 4.98 Å². The summed E-state index contributed by atoms with van der Waals surface area (Å²) in [7, 11) is 0. The van der Waals surface area contributed by atoms with E-state index in [1.165, 1.54) is 50.1 Å². The van der Waals surface area contributed by atoms with Crippen molar-refractivity contribution in [1.82, 2.24) is 4.98 Å². The number of rotatable bonds is 6. The highest BCUT2D eigenvalue weighted by Gasteiger charge is 2.28. The van der Waals surface area contributed by atoms with Crippen molar-refractivity contribution in [3.05, 3.63) is 187 Å². The summed E-state index contributed by atoms with van der Waals surface area (Å²) >= 11 is 0. The van der Waals surface area contributed by atoms with Crippen molar-refractivity contribution in [2.45, 2.75) is 12.8 Å². The van der Waals surface area contributed by atoms with Gasteiger partial charge in [-0.2, -0.15) is 0 Å². The molecule has 0 atom stereocenters. The lowest BCUT2D eigenvalue weighted by Gasteiger charge is -2.36. The normalized spacial score (nSPS) is 13.5. The third-order valence-electron chi connectivity index (χ3n) is 9.50. The molecule has 0 radical (unpaired) electrons. The Balaban J connectivity index is 1.13. The second-order valence-corrected chi connectivity index (χ2v) is 12.4. The van der Waals surface area contributed by atoms with E-state index in [2.05, 4.69) is 174 Å². The molecular formula is C45H33N3. The highest BCUT2D eigenvalue weighted by Crippen LogP contribution is 2.48. The van der Waals surface area contributed by atoms with Gasteiger partial charge in [0.25, 0.3) is 0 Å². The predicted octanol–water partition coefficient (Wildman–Crippen LogP) is 12.3. The van der Waals surface area contributed by atoms with E-state index < -0.39 is 0 Å². The van der Waals surface area contributed by atoms with Crippen molar-refractivity contribution in [2.75, 3.05) is 9.80 Å². The first-order valence-corrected chi connectivity index (χ1v) is 16.6. The number of allylic oxidation sites excluding steroid dienone is 4. The first-order chi connectivity index (χ1) is 23.8. The molecule has 0 unspecified atom stereocenters. The molecule has 3 heteroatoms. The number of benzene rings is 6. The highest BCUT2D eigenvalue weighted by molar-refractivity contribution is 6.10. The van der Waals surface area contributed by atoms with Gasteiger partial charge in [-0.25, -0.2) is 0 Å². The van der Waals surface area contributed by atoms with Crippen molar-refractivity contribution >= 4 is 44.8 Å². The quantitative estimate of drug-likeness (QED) is 0.186. The molecule has 2 heterocycles. The van der Waals surface area contributed by atoms with Crippen molar-refractivity contribution in [3.63, 3.8) is 0 Å². The van der Waals surface area contributed by atoms with Crippen LogP contribution >= 0.6 is 0 Å². The monoisotopic (exact) mass is 615 g/mol. The fourth-order valence-corrected chi connectivity index (χ4v) is 7.23. The molecule has 0 bridgehead atoms. The number of anilines is 5. The van der Waals surface area contributed by atoms with Gasteiger partial charge < -0.3 is 9.80 Å². The molecular weight excluding hydrogens is 583 g/mol. The first-order valence-electron chi connectivity index (χ1n) is 16.6. The van der Waals surface area contributed by atoms with E-state index >= 15 is 0 Å². The molecule has 1 aliphatic heterocycles. The summed E-state index contributed by atoms with van der Waals surface area (Å²) < 4.78 is 0. The van der Waals surface area contributed by atoms with Gasteiger partial charge in [0.15, 0.2) is 0 Å². The number of fused-ring (bicyclic) bond motifs is 1. The van der Waals surface area contributed by atoms with Crippen LogP contribution in [0.25, 0.3) is 38.7 Å². The van der Waals surface area contributed by atoms with Gasteiger partial charge in [0.2, 0.25) is 0 Å². The maximum absolute atomic E-state index is 4.90. The molecule has 3 nitrogen and oxygen atoms in total. The van der Waals surface area contributed by atoms with E-state index in [9.17, 15) is 0 Å². The predicted molar refractivity (Wildman–Crippen MR) is 201 cm³/mol. The molecule has 1 aliphatic carbocycles. The van der Waals surface area contributed by atoms with Crippen LogP contribution < -0.4 is 9.80 Å². The second kappa shape index (κ2) is 11.9. The summed E-state index contributed by atoms with van der Waals surface area (Å²) in [6.07, 6.45) is 8.67. The number of hydrogen-bond donors (Lipinski definition) is 0. The third-order valence-corrected chi connectivity index (χ3v) is 9.50. The zero-order valence-electron chi connectivity index (χ0n) is 26.5. The van der Waals surface area contributed by atoms with Gasteiger partial charge in [-0.15, -0.1) is 0 Å². The van der Waals surface area contributed by atoms with Crippen molar-refractivity contribution in [3.8, 4) is 22.4 Å². The van der Waals surface area contributed by atoms with Crippen LogP contribution in [0.5, 0.6) is 0 Å². The van der Waals surface area contributed by atoms with Crippen molar-refractivity contribution < 1.29 is 0 Å². The molecule has 0 N–H and O–H groups in total. The number of nitrogens with zero attached hydrogens (tertiary/aromatic N) is 3. The van der Waals surface area contributed by atoms with Gasteiger partial charge in [-0.1, -0.05) is 115 Å². The van der Waals surface area contributed by atoms with E-state index in [4.69, 9.17) is 4.98 Å². The van der Waals surface area contributed by atoms with Crippen LogP contribution in [0, 0.1) is 0 Å². The maximum Gasteiger partial charge on any atom is 0.0703 e. The molecule has 0 amide bonds. The summed E-state index contributed by atoms with van der Waals surface area (Å²) in [6.45, 7) is 0.